The van der Waals surface area contributed by atoms with Gasteiger partial charge in [-0.2, -0.15) is 0 Å². The molecular formula is C3H2KNO2. The largest absolute Gasteiger partial charge is 1.00 e. The van der Waals surface area contributed by atoms with Gasteiger partial charge in [-0.1, -0.05) is 6.26 Å². The predicted octanol–water partition coefficient (Wildman–Crippen LogP) is -3.23. The van der Waals surface area contributed by atoms with E-state index in [9.17, 15) is 4.79 Å². The standard InChI is InChI=1S/C3H2NO2.K/c5-3-1-2-6-4-3;/h2H,(H,4,5);/q-1;+1. The molecule has 0 aromatic carbocycles. The first kappa shape index (κ1) is 7.65. The fourth-order valence-corrected chi connectivity index (χ4v) is 0.195. The number of nitrogens with one attached hydrogen (secondary N) is 1. The molecule has 0 saturated heterocycles. The van der Waals surface area contributed by atoms with Gasteiger partial charge in [-0.05, 0) is 0 Å². The maximum Gasteiger partial charge on any atom is 1.00 e. The molecular weight excluding hydrogens is 121 g/mol. The fraction of sp³-hybridized carbons (Fsp3) is 0. The van der Waals surface area contributed by atoms with Gasteiger partial charge in [0.25, 0.3) is 0 Å². The SMILES string of the molecule is O=c1[c-]co[nH]1.[K+]. The zero-order chi connectivity index (χ0) is 4.41. The van der Waals surface area contributed by atoms with Crippen molar-refractivity contribution in [3.05, 3.63) is 22.7 Å². The Kier molecular flexibility index (Phi) is 3.96. The van der Waals surface area contributed by atoms with Crippen LogP contribution < -0.4 is 56.9 Å². The number of hydrogen-bond donors (Lipinski definition) is 1. The summed E-state index contributed by atoms with van der Waals surface area (Å²) >= 11 is 0. The van der Waals surface area contributed by atoms with Crippen LogP contribution in [0.5, 0.6) is 0 Å². The molecule has 1 N–H and O–H groups in total. The van der Waals surface area contributed by atoms with Gasteiger partial charge in [0.05, 0.1) is 0 Å². The summed E-state index contributed by atoms with van der Waals surface area (Å²) in [5, 5.41) is 2.01. The Morgan fingerprint density at radius 3 is 2.71 bits per heavy atom. The van der Waals surface area contributed by atoms with Crippen molar-refractivity contribution in [1.29, 1.82) is 0 Å². The Hall–Kier alpha value is 0.646. The van der Waals surface area contributed by atoms with E-state index in [1.165, 1.54) is 6.26 Å². The van der Waals surface area contributed by atoms with E-state index in [0.29, 0.717) is 0 Å². The van der Waals surface area contributed by atoms with Crippen molar-refractivity contribution < 1.29 is 55.9 Å². The van der Waals surface area contributed by atoms with E-state index in [1.807, 2.05) is 5.16 Å². The van der Waals surface area contributed by atoms with Crippen LogP contribution in [0.25, 0.3) is 0 Å². The van der Waals surface area contributed by atoms with Gasteiger partial charge in [0, 0.05) is 0 Å². The number of aromatic amines is 1. The summed E-state index contributed by atoms with van der Waals surface area (Å²) in [6, 6.07) is 2.22. The Morgan fingerprint density at radius 2 is 2.57 bits per heavy atom. The van der Waals surface area contributed by atoms with Crippen LogP contribution in [0.15, 0.2) is 15.6 Å². The van der Waals surface area contributed by atoms with Crippen LogP contribution in [0.4, 0.5) is 0 Å². The fourth-order valence-electron chi connectivity index (χ4n) is 0.195. The third-order valence-corrected chi connectivity index (χ3v) is 0.401. The molecule has 0 aliphatic rings. The van der Waals surface area contributed by atoms with Crippen molar-refractivity contribution in [3.63, 3.8) is 0 Å². The van der Waals surface area contributed by atoms with Crippen LogP contribution in [0, 0.1) is 6.07 Å². The zero-order valence-corrected chi connectivity index (χ0v) is 7.02. The van der Waals surface area contributed by atoms with Crippen LogP contribution in [0.3, 0.4) is 0 Å². The first-order valence-corrected chi connectivity index (χ1v) is 1.43. The first-order chi connectivity index (χ1) is 2.89. The Labute approximate surface area is 82.5 Å². The molecule has 32 valence electrons. The van der Waals surface area contributed by atoms with E-state index < -0.39 is 0 Å². The van der Waals surface area contributed by atoms with Crippen molar-refractivity contribution in [1.82, 2.24) is 5.16 Å². The second-order valence-electron chi connectivity index (χ2n) is 0.811. The molecule has 0 atom stereocenters. The first-order valence-electron chi connectivity index (χ1n) is 1.43. The van der Waals surface area contributed by atoms with Crippen LogP contribution in [0.1, 0.15) is 0 Å². The molecule has 4 heteroatoms. The van der Waals surface area contributed by atoms with E-state index in [1.54, 1.807) is 0 Å². The summed E-state index contributed by atoms with van der Waals surface area (Å²) in [6.07, 6.45) is 1.17. The minimum absolute atomic E-state index is 0. The zero-order valence-electron chi connectivity index (χ0n) is 3.89. The molecule has 0 radical (unpaired) electrons. The molecule has 0 spiro atoms. The second kappa shape index (κ2) is 3.62. The summed E-state index contributed by atoms with van der Waals surface area (Å²) < 4.78 is 4.22. The quantitative estimate of drug-likeness (QED) is 0.291. The summed E-state index contributed by atoms with van der Waals surface area (Å²) in [5.74, 6) is 0. The second-order valence-corrected chi connectivity index (χ2v) is 0.811. The third-order valence-electron chi connectivity index (χ3n) is 0.401. The van der Waals surface area contributed by atoms with Gasteiger partial charge in [0.15, 0.2) is 0 Å². The summed E-state index contributed by atoms with van der Waals surface area (Å²) in [6.45, 7) is 0. The third kappa shape index (κ3) is 2.45. The van der Waals surface area contributed by atoms with Gasteiger partial charge < -0.3 is 15.4 Å². The molecule has 0 aliphatic heterocycles. The van der Waals surface area contributed by atoms with Crippen molar-refractivity contribution >= 4 is 0 Å². The van der Waals surface area contributed by atoms with Crippen LogP contribution >= 0.6 is 0 Å². The minimum atomic E-state index is -0.324. The molecule has 7 heavy (non-hydrogen) atoms. The van der Waals surface area contributed by atoms with Crippen LogP contribution in [0.2, 0.25) is 0 Å². The van der Waals surface area contributed by atoms with Gasteiger partial charge in [-0.15, -0.1) is 0 Å². The summed E-state index contributed by atoms with van der Waals surface area (Å²) in [5.41, 5.74) is -0.324. The minimum Gasteiger partial charge on any atom is -0.427 e. The average Bonchev–Trinajstić information content (AvgIpc) is 1.86. The Balaban J connectivity index is 0.000000360. The van der Waals surface area contributed by atoms with E-state index in [2.05, 4.69) is 10.6 Å². The smallest absolute Gasteiger partial charge is 0.427 e. The molecule has 0 aliphatic carbocycles. The van der Waals surface area contributed by atoms with E-state index in [4.69, 9.17) is 0 Å². The summed E-state index contributed by atoms with van der Waals surface area (Å²) in [4.78, 5) is 9.86. The summed E-state index contributed by atoms with van der Waals surface area (Å²) in [7, 11) is 0. The number of rotatable bonds is 0. The van der Waals surface area contributed by atoms with Gasteiger partial charge in [0.2, 0.25) is 0 Å². The number of hydrogen-bond acceptors (Lipinski definition) is 2. The van der Waals surface area contributed by atoms with Gasteiger partial charge in [0.1, 0.15) is 5.56 Å². The molecule has 0 amide bonds. The predicted molar refractivity (Wildman–Crippen MR) is 18.2 cm³/mol. The Morgan fingerprint density at radius 1 is 1.86 bits per heavy atom. The van der Waals surface area contributed by atoms with Gasteiger partial charge in [-0.3, -0.25) is 0 Å². The van der Waals surface area contributed by atoms with E-state index >= 15 is 0 Å². The molecule has 0 bridgehead atoms. The molecule has 1 heterocycles. The van der Waals surface area contributed by atoms with Crippen LogP contribution in [-0.4, -0.2) is 5.16 Å². The number of H-pyrrole nitrogens is 1. The molecule has 0 unspecified atom stereocenters. The van der Waals surface area contributed by atoms with Crippen molar-refractivity contribution in [2.75, 3.05) is 0 Å². The molecule has 1 rings (SSSR count). The van der Waals surface area contributed by atoms with E-state index in [0.717, 1.165) is 0 Å². The maximum atomic E-state index is 9.86. The van der Waals surface area contributed by atoms with Gasteiger partial charge in [-0.25, -0.2) is 5.16 Å². The van der Waals surface area contributed by atoms with Crippen LogP contribution in [-0.2, 0) is 0 Å². The Bertz CT molecular complexity index is 151. The van der Waals surface area contributed by atoms with Gasteiger partial charge >= 0.3 is 51.4 Å². The molecule has 1 aromatic heterocycles. The maximum absolute atomic E-state index is 9.86. The topological polar surface area (TPSA) is 46.0 Å². The molecule has 0 saturated carbocycles. The van der Waals surface area contributed by atoms with Crippen molar-refractivity contribution in [2.24, 2.45) is 0 Å². The van der Waals surface area contributed by atoms with Crippen molar-refractivity contribution in [3.8, 4) is 0 Å². The molecule has 3 nitrogen and oxygen atoms in total. The molecule has 0 fully saturated rings. The normalized spacial score (nSPS) is 7.43. The monoisotopic (exact) mass is 123 g/mol. The van der Waals surface area contributed by atoms with Crippen molar-refractivity contribution in [2.45, 2.75) is 0 Å². The average molecular weight is 123 g/mol. The number of aromatic nitrogens is 1. The molecule has 1 aromatic rings. The van der Waals surface area contributed by atoms with E-state index in [-0.39, 0.29) is 56.9 Å².